The van der Waals surface area contributed by atoms with Gasteiger partial charge in [-0.2, -0.15) is 0 Å². The minimum absolute atomic E-state index is 0.0972. The van der Waals surface area contributed by atoms with E-state index < -0.39 is 0 Å². The van der Waals surface area contributed by atoms with Crippen LogP contribution in [0.25, 0.3) is 0 Å². The first-order chi connectivity index (χ1) is 4.33. The first-order valence-electron chi connectivity index (χ1n) is 3.55. The number of hydrogen-bond acceptors (Lipinski definition) is 2. The minimum atomic E-state index is -0.125. The van der Waals surface area contributed by atoms with Crippen LogP contribution in [0.15, 0.2) is 0 Å². The molecule has 0 fully saturated rings. The average Bonchev–Trinajstić information content (AvgIpc) is 1.91. The fraction of sp³-hybridized carbons (Fsp3) is 1.00. The van der Waals surface area contributed by atoms with Crippen LogP contribution in [0.1, 0.15) is 13.8 Å². The maximum atomic E-state index is 7.62. The van der Waals surface area contributed by atoms with Crippen molar-refractivity contribution >= 4 is 0 Å². The van der Waals surface area contributed by atoms with E-state index in [4.69, 9.17) is 10.2 Å². The van der Waals surface area contributed by atoms with E-state index in [1.807, 2.05) is 0 Å². The summed E-state index contributed by atoms with van der Waals surface area (Å²) in [5, 5.41) is 18.3. The number of rotatable bonds is 3. The van der Waals surface area contributed by atoms with Crippen LogP contribution in [0.3, 0.4) is 0 Å². The molecular formula is C6H16O2Zn. The molecule has 0 heterocycles. The Hall–Kier alpha value is 0.543. The van der Waals surface area contributed by atoms with E-state index in [0.717, 1.165) is 0 Å². The second kappa shape index (κ2) is 15.8. The van der Waals surface area contributed by atoms with Crippen molar-refractivity contribution in [2.24, 2.45) is 0 Å². The van der Waals surface area contributed by atoms with Crippen LogP contribution in [0, 0.1) is 0 Å². The molecule has 0 unspecified atom stereocenters. The molecule has 9 heavy (non-hydrogen) atoms. The fourth-order valence-corrected chi connectivity index (χ4v) is 1.84. The molecular weight excluding hydrogens is 169 g/mol. The Bertz CT molecular complexity index is 30.2. The summed E-state index contributed by atoms with van der Waals surface area (Å²) in [5.41, 5.74) is 0. The Labute approximate surface area is 64.9 Å². The zero-order valence-electron chi connectivity index (χ0n) is 6.43. The molecule has 0 saturated carbocycles. The summed E-state index contributed by atoms with van der Waals surface area (Å²) in [4.78, 5) is 0. The molecule has 0 aliphatic carbocycles. The Balaban J connectivity index is 0. The normalized spacial score (nSPS) is 7.11. The fourth-order valence-electron chi connectivity index (χ4n) is 0.354. The maximum Gasteiger partial charge on any atom is 0.0662 e. The number of aliphatic hydroxyl groups excluding tert-OH is 2. The quantitative estimate of drug-likeness (QED) is 0.642. The number of hydrogen-bond donors (Lipinski definition) is 2. The van der Waals surface area contributed by atoms with Crippen molar-refractivity contribution in [2.75, 3.05) is 13.2 Å². The summed E-state index contributed by atoms with van der Waals surface area (Å²) < 4.78 is 0. The van der Waals surface area contributed by atoms with Gasteiger partial charge in [-0.1, -0.05) is 0 Å². The van der Waals surface area contributed by atoms with E-state index in [2.05, 4.69) is 13.8 Å². The van der Waals surface area contributed by atoms with Crippen LogP contribution in [0.4, 0.5) is 0 Å². The molecule has 0 saturated heterocycles. The second-order valence-corrected chi connectivity index (χ2v) is 7.48. The average molecular weight is 186 g/mol. The maximum absolute atomic E-state index is 7.62. The van der Waals surface area contributed by atoms with E-state index in [-0.39, 0.29) is 30.3 Å². The molecule has 0 aromatic carbocycles. The molecule has 0 aromatic rings. The summed E-state index contributed by atoms with van der Waals surface area (Å²) in [6.07, 6.45) is 0. The summed E-state index contributed by atoms with van der Waals surface area (Å²) in [6, 6.07) is 0. The van der Waals surface area contributed by atoms with Crippen molar-refractivity contribution in [1.82, 2.24) is 0 Å². The molecule has 0 aliphatic heterocycles. The van der Waals surface area contributed by atoms with Gasteiger partial charge in [-0.3, -0.25) is 0 Å². The number of aliphatic hydroxyl groups is 2. The monoisotopic (exact) mass is 184 g/mol. The van der Waals surface area contributed by atoms with E-state index in [1.165, 1.54) is 10.0 Å². The topological polar surface area (TPSA) is 40.5 Å². The molecule has 2 N–H and O–H groups in total. The van der Waals surface area contributed by atoms with Gasteiger partial charge in [0.15, 0.2) is 0 Å². The first kappa shape index (κ1) is 12.2. The molecule has 0 atom stereocenters. The van der Waals surface area contributed by atoms with Gasteiger partial charge in [-0.15, -0.1) is 0 Å². The minimum Gasteiger partial charge on any atom is -0.394 e. The molecule has 3 heteroatoms. The second-order valence-electron chi connectivity index (χ2n) is 1.80. The molecule has 2 nitrogen and oxygen atoms in total. The van der Waals surface area contributed by atoms with Crippen molar-refractivity contribution in [3.05, 3.63) is 0 Å². The third-order valence-corrected chi connectivity index (χ3v) is 3.77. The first-order valence-corrected chi connectivity index (χ1v) is 7.74. The zero-order chi connectivity index (χ0) is 7.54. The summed E-state index contributed by atoms with van der Waals surface area (Å²) in [5.74, 6) is 0. The van der Waals surface area contributed by atoms with Crippen LogP contribution in [0.2, 0.25) is 10.0 Å². The van der Waals surface area contributed by atoms with Crippen molar-refractivity contribution in [2.45, 2.75) is 23.9 Å². The molecule has 54 valence electrons. The van der Waals surface area contributed by atoms with Gasteiger partial charge in [0.25, 0.3) is 0 Å². The van der Waals surface area contributed by atoms with Gasteiger partial charge in [0, 0.05) is 0 Å². The van der Waals surface area contributed by atoms with Crippen LogP contribution < -0.4 is 0 Å². The predicted molar refractivity (Wildman–Crippen MR) is 35.1 cm³/mol. The summed E-state index contributed by atoms with van der Waals surface area (Å²) in [7, 11) is 0. The molecule has 0 spiro atoms. The van der Waals surface area contributed by atoms with Crippen LogP contribution in [-0.4, -0.2) is 23.4 Å². The molecule has 0 bridgehead atoms. The van der Waals surface area contributed by atoms with Crippen molar-refractivity contribution in [1.29, 1.82) is 0 Å². The summed E-state index contributed by atoms with van der Waals surface area (Å²) >= 11 is 0.0972. The third kappa shape index (κ3) is 29.1. The van der Waals surface area contributed by atoms with Gasteiger partial charge in [0.2, 0.25) is 0 Å². The van der Waals surface area contributed by atoms with Gasteiger partial charge in [0.05, 0.1) is 13.2 Å². The third-order valence-electron chi connectivity index (χ3n) is 0.807. The zero-order valence-corrected chi connectivity index (χ0v) is 9.40. The smallest absolute Gasteiger partial charge is 0.0662 e. The van der Waals surface area contributed by atoms with Gasteiger partial charge in [-0.25, -0.2) is 0 Å². The van der Waals surface area contributed by atoms with Crippen molar-refractivity contribution < 1.29 is 27.3 Å². The van der Waals surface area contributed by atoms with E-state index in [9.17, 15) is 0 Å². The van der Waals surface area contributed by atoms with Gasteiger partial charge >= 0.3 is 41.0 Å². The molecule has 0 radical (unpaired) electrons. The Morgan fingerprint density at radius 1 is 1.00 bits per heavy atom. The molecule has 0 rings (SSSR count). The standard InChI is InChI=1S/C2H6O2.2C2H5.Zn/c3-1-2-4;2*1-2;/h3-4H,1-2H2;2*1H2,2H3;. The molecule has 0 aromatic heterocycles. The van der Waals surface area contributed by atoms with Gasteiger partial charge in [0.1, 0.15) is 0 Å². The molecule has 0 amide bonds. The molecule has 0 aliphatic rings. The SMILES string of the molecule is C[CH2][Zn][CH2]C.OCCO. The Morgan fingerprint density at radius 3 is 1.33 bits per heavy atom. The largest absolute Gasteiger partial charge is 0.394 e. The summed E-state index contributed by atoms with van der Waals surface area (Å²) in [6.45, 7) is 4.34. The Kier molecular flexibility index (Phi) is 21.5. The predicted octanol–water partition coefficient (Wildman–Crippen LogP) is 0.916. The van der Waals surface area contributed by atoms with E-state index in [0.29, 0.717) is 0 Å². The van der Waals surface area contributed by atoms with Crippen LogP contribution >= 0.6 is 0 Å². The van der Waals surface area contributed by atoms with E-state index in [1.54, 1.807) is 0 Å². The van der Waals surface area contributed by atoms with Crippen molar-refractivity contribution in [3.63, 3.8) is 0 Å². The van der Waals surface area contributed by atoms with Crippen LogP contribution in [-0.2, 0) is 17.1 Å². The van der Waals surface area contributed by atoms with E-state index >= 15 is 0 Å². The van der Waals surface area contributed by atoms with Gasteiger partial charge in [-0.05, 0) is 0 Å². The van der Waals surface area contributed by atoms with Crippen LogP contribution in [0.5, 0.6) is 0 Å². The van der Waals surface area contributed by atoms with Crippen molar-refractivity contribution in [3.8, 4) is 0 Å². The van der Waals surface area contributed by atoms with Gasteiger partial charge < -0.3 is 10.2 Å². The Morgan fingerprint density at radius 2 is 1.33 bits per heavy atom.